The van der Waals surface area contributed by atoms with Crippen LogP contribution < -0.4 is 9.47 Å². The second kappa shape index (κ2) is 6.26. The lowest BCUT2D eigenvalue weighted by molar-refractivity contribution is 0.321. The molecule has 0 spiro atoms. The predicted octanol–water partition coefficient (Wildman–Crippen LogP) is 4.01. The van der Waals surface area contributed by atoms with E-state index in [1.807, 2.05) is 37.3 Å². The van der Waals surface area contributed by atoms with Crippen molar-refractivity contribution < 1.29 is 9.47 Å². The molecule has 0 aliphatic carbocycles. The quantitative estimate of drug-likeness (QED) is 0.764. The third-order valence-electron chi connectivity index (χ3n) is 2.38. The van der Waals surface area contributed by atoms with Gasteiger partial charge < -0.3 is 9.47 Å². The van der Waals surface area contributed by atoms with Gasteiger partial charge in [0.1, 0.15) is 5.75 Å². The molecule has 1 aromatic carbocycles. The molecule has 0 saturated heterocycles. The van der Waals surface area contributed by atoms with Gasteiger partial charge in [-0.3, -0.25) is 4.98 Å². The van der Waals surface area contributed by atoms with Crippen LogP contribution in [-0.2, 0) is 5.88 Å². The van der Waals surface area contributed by atoms with Crippen molar-refractivity contribution in [3.05, 3.63) is 48.3 Å². The van der Waals surface area contributed by atoms with Gasteiger partial charge in [0.15, 0.2) is 11.5 Å². The lowest BCUT2D eigenvalue weighted by atomic mass is 10.2. The minimum atomic E-state index is 0.384. The van der Waals surface area contributed by atoms with E-state index in [0.29, 0.717) is 29.7 Å². The second-order valence-corrected chi connectivity index (χ2v) is 3.87. The van der Waals surface area contributed by atoms with E-state index in [0.717, 1.165) is 5.56 Å². The number of para-hydroxylation sites is 2. The maximum Gasteiger partial charge on any atom is 0.169 e. The van der Waals surface area contributed by atoms with Crippen molar-refractivity contribution in [1.29, 1.82) is 0 Å². The highest BCUT2D eigenvalue weighted by molar-refractivity contribution is 6.17. The van der Waals surface area contributed by atoms with E-state index in [9.17, 15) is 0 Å². The smallest absolute Gasteiger partial charge is 0.169 e. The van der Waals surface area contributed by atoms with Crippen molar-refractivity contribution in [2.75, 3.05) is 6.61 Å². The number of ether oxygens (including phenoxy) is 2. The topological polar surface area (TPSA) is 31.4 Å². The summed E-state index contributed by atoms with van der Waals surface area (Å²) in [6.07, 6.45) is 3.35. The van der Waals surface area contributed by atoms with E-state index in [4.69, 9.17) is 21.1 Å². The zero-order valence-electron chi connectivity index (χ0n) is 10.1. The van der Waals surface area contributed by atoms with E-state index < -0.39 is 0 Å². The zero-order chi connectivity index (χ0) is 12.8. The van der Waals surface area contributed by atoms with Crippen LogP contribution in [0.2, 0.25) is 0 Å². The summed E-state index contributed by atoms with van der Waals surface area (Å²) in [5, 5.41) is 0. The average molecular weight is 264 g/mol. The van der Waals surface area contributed by atoms with Crippen LogP contribution >= 0.6 is 11.6 Å². The summed E-state index contributed by atoms with van der Waals surface area (Å²) < 4.78 is 11.3. The van der Waals surface area contributed by atoms with Gasteiger partial charge in [-0.25, -0.2) is 0 Å². The molecule has 0 saturated carbocycles. The van der Waals surface area contributed by atoms with Gasteiger partial charge in [0.05, 0.1) is 18.7 Å². The molecule has 0 aliphatic heterocycles. The molecule has 1 heterocycles. The molecule has 18 heavy (non-hydrogen) atoms. The Morgan fingerprint density at radius 2 is 1.89 bits per heavy atom. The number of halogens is 1. The molecule has 94 valence electrons. The molecular weight excluding hydrogens is 250 g/mol. The first-order valence-corrected chi connectivity index (χ1v) is 6.27. The van der Waals surface area contributed by atoms with Gasteiger partial charge in [0, 0.05) is 11.8 Å². The summed E-state index contributed by atoms with van der Waals surface area (Å²) in [7, 11) is 0. The number of benzene rings is 1. The Hall–Kier alpha value is -1.74. The Morgan fingerprint density at radius 3 is 2.61 bits per heavy atom. The monoisotopic (exact) mass is 263 g/mol. The van der Waals surface area contributed by atoms with Gasteiger partial charge >= 0.3 is 0 Å². The zero-order valence-corrected chi connectivity index (χ0v) is 10.9. The maximum atomic E-state index is 5.86. The Bertz CT molecular complexity index is 517. The molecule has 0 radical (unpaired) electrons. The Morgan fingerprint density at radius 1 is 1.11 bits per heavy atom. The number of nitrogens with zero attached hydrogens (tertiary/aromatic N) is 1. The molecule has 0 bridgehead atoms. The first-order valence-electron chi connectivity index (χ1n) is 5.73. The number of aromatic nitrogens is 1. The fraction of sp³-hybridized carbons (Fsp3) is 0.214. The van der Waals surface area contributed by atoms with Crippen molar-refractivity contribution in [1.82, 2.24) is 4.98 Å². The average Bonchev–Trinajstić information content (AvgIpc) is 2.42. The SMILES string of the molecule is CCOc1ccccc1Oc1cnccc1CCl. The Kier molecular flexibility index (Phi) is 4.42. The second-order valence-electron chi connectivity index (χ2n) is 3.60. The molecule has 1 aromatic heterocycles. The standard InChI is InChI=1S/C14H14ClNO2/c1-2-17-12-5-3-4-6-13(12)18-14-10-16-8-7-11(14)9-15/h3-8,10H,2,9H2,1H3. The minimum Gasteiger partial charge on any atom is -0.490 e. The van der Waals surface area contributed by atoms with Crippen molar-refractivity contribution >= 4 is 11.6 Å². The Labute approximate surface area is 111 Å². The summed E-state index contributed by atoms with van der Waals surface area (Å²) in [4.78, 5) is 4.04. The third-order valence-corrected chi connectivity index (χ3v) is 2.67. The summed E-state index contributed by atoms with van der Waals surface area (Å²) >= 11 is 5.86. The van der Waals surface area contributed by atoms with Crippen LogP contribution in [0.15, 0.2) is 42.7 Å². The number of rotatable bonds is 5. The predicted molar refractivity (Wildman–Crippen MR) is 71.5 cm³/mol. The number of alkyl halides is 1. The minimum absolute atomic E-state index is 0.384. The summed E-state index contributed by atoms with van der Waals surface area (Å²) in [5.74, 6) is 2.41. The fourth-order valence-electron chi connectivity index (χ4n) is 1.54. The van der Waals surface area contributed by atoms with Gasteiger partial charge in [-0.05, 0) is 25.1 Å². The first-order chi connectivity index (χ1) is 8.85. The van der Waals surface area contributed by atoms with Crippen LogP contribution in [0.1, 0.15) is 12.5 Å². The molecule has 0 fully saturated rings. The summed E-state index contributed by atoms with van der Waals surface area (Å²) in [5.41, 5.74) is 0.901. The van der Waals surface area contributed by atoms with Crippen LogP contribution in [0.25, 0.3) is 0 Å². The highest BCUT2D eigenvalue weighted by Crippen LogP contribution is 2.32. The molecule has 3 nitrogen and oxygen atoms in total. The maximum absolute atomic E-state index is 5.86. The van der Waals surface area contributed by atoms with Crippen LogP contribution in [0, 0.1) is 0 Å². The number of pyridine rings is 1. The molecular formula is C14H14ClNO2. The summed E-state index contributed by atoms with van der Waals surface area (Å²) in [6, 6.07) is 9.37. The van der Waals surface area contributed by atoms with Gasteiger partial charge in [-0.15, -0.1) is 11.6 Å². The van der Waals surface area contributed by atoms with E-state index >= 15 is 0 Å². The van der Waals surface area contributed by atoms with Gasteiger partial charge in [0.2, 0.25) is 0 Å². The first kappa shape index (κ1) is 12.7. The van der Waals surface area contributed by atoms with Crippen LogP contribution in [-0.4, -0.2) is 11.6 Å². The molecule has 0 N–H and O–H groups in total. The molecule has 0 aliphatic rings. The van der Waals surface area contributed by atoms with Crippen LogP contribution in [0.3, 0.4) is 0 Å². The molecule has 0 atom stereocenters. The third kappa shape index (κ3) is 2.93. The van der Waals surface area contributed by atoms with Crippen LogP contribution in [0.5, 0.6) is 17.2 Å². The largest absolute Gasteiger partial charge is 0.490 e. The van der Waals surface area contributed by atoms with Crippen molar-refractivity contribution in [2.24, 2.45) is 0 Å². The molecule has 0 unspecified atom stereocenters. The number of hydrogen-bond acceptors (Lipinski definition) is 3. The molecule has 2 aromatic rings. The van der Waals surface area contributed by atoms with E-state index in [2.05, 4.69) is 4.98 Å². The highest BCUT2D eigenvalue weighted by atomic mass is 35.5. The van der Waals surface area contributed by atoms with Gasteiger partial charge in [-0.2, -0.15) is 0 Å². The molecule has 2 rings (SSSR count). The normalized spacial score (nSPS) is 10.1. The van der Waals surface area contributed by atoms with Gasteiger partial charge in [0.25, 0.3) is 0 Å². The highest BCUT2D eigenvalue weighted by Gasteiger charge is 2.08. The lowest BCUT2D eigenvalue weighted by Crippen LogP contribution is -1.96. The summed E-state index contributed by atoms with van der Waals surface area (Å²) in [6.45, 7) is 2.53. The van der Waals surface area contributed by atoms with Crippen molar-refractivity contribution in [2.45, 2.75) is 12.8 Å². The fourth-order valence-corrected chi connectivity index (χ4v) is 1.76. The van der Waals surface area contributed by atoms with E-state index in [-0.39, 0.29) is 0 Å². The molecule has 0 amide bonds. The van der Waals surface area contributed by atoms with Crippen LogP contribution in [0.4, 0.5) is 0 Å². The number of hydrogen-bond donors (Lipinski definition) is 0. The lowest BCUT2D eigenvalue weighted by Gasteiger charge is -2.12. The van der Waals surface area contributed by atoms with Gasteiger partial charge in [-0.1, -0.05) is 12.1 Å². The van der Waals surface area contributed by atoms with E-state index in [1.165, 1.54) is 0 Å². The van der Waals surface area contributed by atoms with Crippen molar-refractivity contribution in [3.8, 4) is 17.2 Å². The molecule has 4 heteroatoms. The Balaban J connectivity index is 2.28. The van der Waals surface area contributed by atoms with E-state index in [1.54, 1.807) is 12.4 Å². The van der Waals surface area contributed by atoms with Crippen molar-refractivity contribution in [3.63, 3.8) is 0 Å².